The van der Waals surface area contributed by atoms with Crippen molar-refractivity contribution in [1.29, 1.82) is 5.26 Å². The molecule has 4 nitrogen and oxygen atoms in total. The molecule has 1 saturated heterocycles. The number of rotatable bonds is 4. The zero-order chi connectivity index (χ0) is 11.3. The van der Waals surface area contributed by atoms with E-state index in [1.807, 2.05) is 13.8 Å². The van der Waals surface area contributed by atoms with Gasteiger partial charge in [-0.2, -0.15) is 5.26 Å². The molecule has 1 N–H and O–H groups in total. The van der Waals surface area contributed by atoms with Crippen molar-refractivity contribution >= 4 is 5.91 Å². The van der Waals surface area contributed by atoms with Crippen LogP contribution in [0.3, 0.4) is 0 Å². The third-order valence-electron chi connectivity index (χ3n) is 2.77. The van der Waals surface area contributed by atoms with Crippen LogP contribution in [0.2, 0.25) is 0 Å². The van der Waals surface area contributed by atoms with Gasteiger partial charge in [0.2, 0.25) is 5.91 Å². The van der Waals surface area contributed by atoms with Crippen LogP contribution < -0.4 is 5.32 Å². The van der Waals surface area contributed by atoms with Crippen molar-refractivity contribution in [3.63, 3.8) is 0 Å². The number of nitrogens with one attached hydrogen (secondary N) is 1. The minimum absolute atomic E-state index is 0.0177. The van der Waals surface area contributed by atoms with Gasteiger partial charge in [-0.3, -0.25) is 4.79 Å². The van der Waals surface area contributed by atoms with Crippen LogP contribution in [0.25, 0.3) is 0 Å². The second kappa shape index (κ2) is 5.72. The monoisotopic (exact) mass is 209 g/mol. The molecule has 0 radical (unpaired) electrons. The number of nitriles is 1. The lowest BCUT2D eigenvalue weighted by molar-refractivity contribution is -0.133. The number of carbonyl (C=O) groups is 1. The van der Waals surface area contributed by atoms with Crippen LogP contribution in [0.15, 0.2) is 0 Å². The zero-order valence-corrected chi connectivity index (χ0v) is 9.49. The first-order chi connectivity index (χ1) is 7.19. The Kier molecular flexibility index (Phi) is 4.57. The van der Waals surface area contributed by atoms with Gasteiger partial charge in [-0.05, 0) is 33.2 Å². The predicted molar refractivity (Wildman–Crippen MR) is 58.1 cm³/mol. The Balaban J connectivity index is 2.50. The molecule has 84 valence electrons. The van der Waals surface area contributed by atoms with E-state index in [1.165, 1.54) is 0 Å². The molecule has 1 heterocycles. The molecule has 0 aromatic rings. The number of nitrogens with zero attached hydrogens (tertiary/aromatic N) is 2. The molecular formula is C11H19N3O. The van der Waals surface area contributed by atoms with Crippen molar-refractivity contribution in [1.82, 2.24) is 10.2 Å². The maximum absolute atomic E-state index is 12.0. The van der Waals surface area contributed by atoms with Gasteiger partial charge < -0.3 is 10.2 Å². The van der Waals surface area contributed by atoms with Crippen molar-refractivity contribution in [2.45, 2.75) is 32.7 Å². The van der Waals surface area contributed by atoms with E-state index < -0.39 is 0 Å². The highest BCUT2D eigenvalue weighted by molar-refractivity contribution is 5.82. The molecule has 0 spiro atoms. The van der Waals surface area contributed by atoms with Crippen molar-refractivity contribution < 1.29 is 4.79 Å². The van der Waals surface area contributed by atoms with Crippen LogP contribution in [0.1, 0.15) is 26.7 Å². The average molecular weight is 209 g/mol. The fourth-order valence-electron chi connectivity index (χ4n) is 1.86. The molecule has 1 unspecified atom stereocenters. The minimum atomic E-state index is -0.0877. The van der Waals surface area contributed by atoms with Crippen LogP contribution in [-0.2, 0) is 4.79 Å². The molecule has 2 atom stereocenters. The molecule has 1 rings (SSSR count). The molecule has 0 aliphatic carbocycles. The Morgan fingerprint density at radius 1 is 1.73 bits per heavy atom. The fourth-order valence-corrected chi connectivity index (χ4v) is 1.86. The Hall–Kier alpha value is -1.08. The van der Waals surface area contributed by atoms with Gasteiger partial charge in [0.1, 0.15) is 0 Å². The summed E-state index contributed by atoms with van der Waals surface area (Å²) in [7, 11) is 0. The zero-order valence-electron chi connectivity index (χ0n) is 9.49. The number of carbonyl (C=O) groups excluding carboxylic acids is 1. The lowest BCUT2D eigenvalue weighted by atomic mass is 10.1. The SMILES string of the molecule is CCN(CC(C)C#N)C(=O)[C@@H]1CCCN1. The van der Waals surface area contributed by atoms with Crippen LogP contribution in [0, 0.1) is 17.2 Å². The van der Waals surface area contributed by atoms with E-state index in [2.05, 4.69) is 11.4 Å². The van der Waals surface area contributed by atoms with Crippen molar-refractivity contribution in [3.05, 3.63) is 0 Å². The van der Waals surface area contributed by atoms with Gasteiger partial charge in [0, 0.05) is 13.1 Å². The molecular weight excluding hydrogens is 190 g/mol. The molecule has 1 fully saturated rings. The van der Waals surface area contributed by atoms with Gasteiger partial charge in [0.25, 0.3) is 0 Å². The summed E-state index contributed by atoms with van der Waals surface area (Å²) in [4.78, 5) is 13.8. The average Bonchev–Trinajstić information content (AvgIpc) is 2.77. The topological polar surface area (TPSA) is 56.1 Å². The standard InChI is InChI=1S/C11H19N3O/c1-3-14(8-9(2)7-12)11(15)10-5-4-6-13-10/h9-10,13H,3-6,8H2,1-2H3/t9?,10-/m0/s1. The molecule has 1 aliphatic rings. The third-order valence-corrected chi connectivity index (χ3v) is 2.77. The molecule has 0 aromatic heterocycles. The Bertz CT molecular complexity index is 253. The van der Waals surface area contributed by atoms with E-state index in [1.54, 1.807) is 4.90 Å². The molecule has 0 bridgehead atoms. The summed E-state index contributed by atoms with van der Waals surface area (Å²) in [5, 5.41) is 11.9. The summed E-state index contributed by atoms with van der Waals surface area (Å²) in [5.74, 6) is 0.0624. The number of hydrogen-bond donors (Lipinski definition) is 1. The van der Waals surface area contributed by atoms with E-state index in [0.29, 0.717) is 13.1 Å². The smallest absolute Gasteiger partial charge is 0.239 e. The van der Waals surface area contributed by atoms with Crippen LogP contribution in [-0.4, -0.2) is 36.5 Å². The summed E-state index contributed by atoms with van der Waals surface area (Å²) >= 11 is 0. The van der Waals surface area contributed by atoms with Gasteiger partial charge in [0.05, 0.1) is 18.0 Å². The van der Waals surface area contributed by atoms with E-state index in [0.717, 1.165) is 19.4 Å². The highest BCUT2D eigenvalue weighted by Crippen LogP contribution is 2.10. The van der Waals surface area contributed by atoms with Crippen molar-refractivity contribution in [2.24, 2.45) is 5.92 Å². The lowest BCUT2D eigenvalue weighted by Gasteiger charge is -2.25. The maximum atomic E-state index is 12.0. The highest BCUT2D eigenvalue weighted by atomic mass is 16.2. The Labute approximate surface area is 91.2 Å². The van der Waals surface area contributed by atoms with Gasteiger partial charge in [-0.1, -0.05) is 0 Å². The van der Waals surface area contributed by atoms with Crippen molar-refractivity contribution in [2.75, 3.05) is 19.6 Å². The first-order valence-electron chi connectivity index (χ1n) is 5.60. The summed E-state index contributed by atoms with van der Waals surface area (Å²) in [6.07, 6.45) is 2.00. The van der Waals surface area contributed by atoms with E-state index >= 15 is 0 Å². The lowest BCUT2D eigenvalue weighted by Crippen LogP contribution is -2.45. The molecule has 1 aliphatic heterocycles. The molecule has 4 heteroatoms. The first-order valence-corrected chi connectivity index (χ1v) is 5.60. The molecule has 0 saturated carbocycles. The summed E-state index contributed by atoms with van der Waals surface area (Å²) < 4.78 is 0. The van der Waals surface area contributed by atoms with E-state index in [-0.39, 0.29) is 17.9 Å². The van der Waals surface area contributed by atoms with Gasteiger partial charge in [-0.15, -0.1) is 0 Å². The predicted octanol–water partition coefficient (Wildman–Crippen LogP) is 0.747. The van der Waals surface area contributed by atoms with Crippen LogP contribution in [0.4, 0.5) is 0 Å². The number of hydrogen-bond acceptors (Lipinski definition) is 3. The first kappa shape index (κ1) is 12.0. The Morgan fingerprint density at radius 3 is 2.93 bits per heavy atom. The fraction of sp³-hybridized carbons (Fsp3) is 0.818. The summed E-state index contributed by atoms with van der Waals surface area (Å²) in [6, 6.07) is 2.14. The van der Waals surface area contributed by atoms with E-state index in [4.69, 9.17) is 5.26 Å². The minimum Gasteiger partial charge on any atom is -0.340 e. The maximum Gasteiger partial charge on any atom is 0.239 e. The Morgan fingerprint density at radius 2 is 2.47 bits per heavy atom. The molecule has 15 heavy (non-hydrogen) atoms. The normalized spacial score (nSPS) is 22.1. The van der Waals surface area contributed by atoms with Crippen LogP contribution >= 0.6 is 0 Å². The number of likely N-dealkylation sites (N-methyl/N-ethyl adjacent to an activating group) is 1. The quantitative estimate of drug-likeness (QED) is 0.743. The highest BCUT2D eigenvalue weighted by Gasteiger charge is 2.26. The number of amides is 1. The van der Waals surface area contributed by atoms with Crippen LogP contribution in [0.5, 0.6) is 0 Å². The molecule has 0 aromatic carbocycles. The van der Waals surface area contributed by atoms with Crippen molar-refractivity contribution in [3.8, 4) is 6.07 Å². The summed E-state index contributed by atoms with van der Waals surface area (Å²) in [6.45, 7) is 5.96. The summed E-state index contributed by atoms with van der Waals surface area (Å²) in [5.41, 5.74) is 0. The van der Waals surface area contributed by atoms with E-state index in [9.17, 15) is 4.79 Å². The van der Waals surface area contributed by atoms with Gasteiger partial charge in [0.15, 0.2) is 0 Å². The van der Waals surface area contributed by atoms with Gasteiger partial charge in [-0.25, -0.2) is 0 Å². The second-order valence-corrected chi connectivity index (χ2v) is 4.06. The third kappa shape index (κ3) is 3.21. The molecule has 1 amide bonds. The van der Waals surface area contributed by atoms with Gasteiger partial charge >= 0.3 is 0 Å². The largest absolute Gasteiger partial charge is 0.340 e. The second-order valence-electron chi connectivity index (χ2n) is 4.06.